The molecule has 2 aromatic carbocycles. The topological polar surface area (TPSA) is 76.0 Å². The lowest BCUT2D eigenvalue weighted by Gasteiger charge is -2.07. The van der Waals surface area contributed by atoms with E-state index in [1.54, 1.807) is 30.3 Å². The number of aromatic nitrogens is 2. The van der Waals surface area contributed by atoms with Crippen molar-refractivity contribution in [3.63, 3.8) is 0 Å². The molecule has 6 nitrogen and oxygen atoms in total. The summed E-state index contributed by atoms with van der Waals surface area (Å²) in [6, 6.07) is 22.3. The van der Waals surface area contributed by atoms with Crippen molar-refractivity contribution in [1.29, 1.82) is 0 Å². The van der Waals surface area contributed by atoms with Gasteiger partial charge < -0.3 is 10.6 Å². The maximum atomic E-state index is 12.4. The summed E-state index contributed by atoms with van der Waals surface area (Å²) in [5.74, 6) is -0.314. The van der Waals surface area contributed by atoms with Crippen LogP contribution in [0.1, 0.15) is 25.7 Å². The molecule has 30 heavy (non-hydrogen) atoms. The summed E-state index contributed by atoms with van der Waals surface area (Å²) in [6.45, 7) is 0.488. The quantitative estimate of drug-likeness (QED) is 0.475. The van der Waals surface area contributed by atoms with Crippen molar-refractivity contribution in [3.8, 4) is 5.69 Å². The molecule has 150 valence electrons. The number of para-hydroxylation sites is 1. The minimum Gasteiger partial charge on any atom is -0.352 e. The number of carbonyl (C=O) groups excluding carboxylic acids is 2. The molecule has 0 unspecified atom stereocenters. The molecule has 4 rings (SSSR count). The van der Waals surface area contributed by atoms with Crippen LogP contribution >= 0.6 is 11.3 Å². The van der Waals surface area contributed by atoms with Gasteiger partial charge in [0.2, 0.25) is 0 Å². The van der Waals surface area contributed by atoms with Crippen molar-refractivity contribution < 1.29 is 9.59 Å². The lowest BCUT2D eigenvalue weighted by atomic mass is 10.2. The van der Waals surface area contributed by atoms with Crippen LogP contribution in [0.5, 0.6) is 0 Å². The number of nitrogens with zero attached hydrogens (tertiary/aromatic N) is 2. The number of nitrogens with one attached hydrogen (secondary N) is 2. The van der Waals surface area contributed by atoms with Crippen LogP contribution < -0.4 is 10.6 Å². The van der Waals surface area contributed by atoms with Crippen molar-refractivity contribution in [2.75, 3.05) is 11.9 Å². The first kappa shape index (κ1) is 19.6. The molecular weight excluding hydrogens is 396 g/mol. The van der Waals surface area contributed by atoms with Crippen molar-refractivity contribution in [2.45, 2.75) is 6.42 Å². The molecule has 2 amide bonds. The van der Waals surface area contributed by atoms with Crippen LogP contribution in [0, 0.1) is 0 Å². The molecule has 0 aliphatic rings. The van der Waals surface area contributed by atoms with Gasteiger partial charge in [0.05, 0.1) is 16.3 Å². The number of rotatable bonds is 7. The Balaban J connectivity index is 1.27. The molecule has 0 bridgehead atoms. The number of thiophene rings is 1. The Morgan fingerprint density at radius 2 is 1.70 bits per heavy atom. The Bertz CT molecular complexity index is 1120. The molecule has 2 aromatic heterocycles. The molecule has 4 aromatic rings. The van der Waals surface area contributed by atoms with Gasteiger partial charge in [-0.2, -0.15) is 5.10 Å². The number of amides is 2. The molecule has 0 saturated carbocycles. The Morgan fingerprint density at radius 1 is 0.900 bits per heavy atom. The summed E-state index contributed by atoms with van der Waals surface area (Å²) >= 11 is 1.38. The fourth-order valence-electron chi connectivity index (χ4n) is 2.93. The van der Waals surface area contributed by atoms with Crippen LogP contribution in [-0.2, 0) is 6.42 Å². The standard InChI is InChI=1S/C23H20N4O2S/c28-22(17-8-10-18(11-9-17)25-23(29)21-7-4-16-30-21)24-14-12-19-13-15-27(26-19)20-5-2-1-3-6-20/h1-11,13,15-16H,12,14H2,(H,24,28)(H,25,29). The highest BCUT2D eigenvalue weighted by atomic mass is 32.1. The highest BCUT2D eigenvalue weighted by Gasteiger charge is 2.09. The van der Waals surface area contributed by atoms with Crippen molar-refractivity contribution in [3.05, 3.63) is 101 Å². The maximum absolute atomic E-state index is 12.4. The molecule has 0 spiro atoms. The lowest BCUT2D eigenvalue weighted by molar-refractivity contribution is 0.0953. The predicted molar refractivity (Wildman–Crippen MR) is 118 cm³/mol. The zero-order valence-corrected chi connectivity index (χ0v) is 16.9. The third kappa shape index (κ3) is 4.82. The third-order valence-electron chi connectivity index (χ3n) is 4.48. The third-order valence-corrected chi connectivity index (χ3v) is 5.35. The maximum Gasteiger partial charge on any atom is 0.265 e. The molecule has 2 heterocycles. The lowest BCUT2D eigenvalue weighted by Crippen LogP contribution is -2.25. The number of anilines is 1. The van der Waals surface area contributed by atoms with Gasteiger partial charge in [0, 0.05) is 30.4 Å². The summed E-state index contributed by atoms with van der Waals surface area (Å²) in [5, 5.41) is 12.1. The zero-order valence-electron chi connectivity index (χ0n) is 16.1. The molecule has 0 aliphatic carbocycles. The second kappa shape index (κ2) is 9.19. The van der Waals surface area contributed by atoms with Crippen LogP contribution in [0.15, 0.2) is 84.4 Å². The normalized spacial score (nSPS) is 10.5. The molecule has 0 aliphatic heterocycles. The zero-order chi connectivity index (χ0) is 20.8. The van der Waals surface area contributed by atoms with Gasteiger partial charge in [-0.1, -0.05) is 24.3 Å². The molecule has 2 N–H and O–H groups in total. The van der Waals surface area contributed by atoms with Gasteiger partial charge in [-0.3, -0.25) is 9.59 Å². The highest BCUT2D eigenvalue weighted by Crippen LogP contribution is 2.14. The summed E-state index contributed by atoms with van der Waals surface area (Å²) in [7, 11) is 0. The number of benzene rings is 2. The van der Waals surface area contributed by atoms with Crippen molar-refractivity contribution in [2.24, 2.45) is 0 Å². The van der Waals surface area contributed by atoms with Gasteiger partial charge in [-0.05, 0) is 53.9 Å². The van der Waals surface area contributed by atoms with Gasteiger partial charge in [-0.25, -0.2) is 4.68 Å². The molecule has 0 fully saturated rings. The van der Waals surface area contributed by atoms with E-state index < -0.39 is 0 Å². The monoisotopic (exact) mass is 416 g/mol. The second-order valence-corrected chi connectivity index (χ2v) is 7.55. The fraction of sp³-hybridized carbons (Fsp3) is 0.0870. The Hall–Kier alpha value is -3.71. The summed E-state index contributed by atoms with van der Waals surface area (Å²) in [4.78, 5) is 25.1. The van der Waals surface area contributed by atoms with E-state index in [9.17, 15) is 9.59 Å². The van der Waals surface area contributed by atoms with Crippen LogP contribution in [0.25, 0.3) is 5.69 Å². The van der Waals surface area contributed by atoms with Gasteiger partial charge in [0.1, 0.15) is 0 Å². The van der Waals surface area contributed by atoms with E-state index in [-0.39, 0.29) is 11.8 Å². The summed E-state index contributed by atoms with van der Waals surface area (Å²) in [6.07, 6.45) is 2.55. The van der Waals surface area contributed by atoms with Crippen LogP contribution in [-0.4, -0.2) is 28.1 Å². The van der Waals surface area contributed by atoms with Gasteiger partial charge in [0.15, 0.2) is 0 Å². The van der Waals surface area contributed by atoms with E-state index in [4.69, 9.17) is 0 Å². The Morgan fingerprint density at radius 3 is 2.43 bits per heavy atom. The van der Waals surface area contributed by atoms with Crippen molar-refractivity contribution in [1.82, 2.24) is 15.1 Å². The molecule has 7 heteroatoms. The number of hydrogen-bond acceptors (Lipinski definition) is 4. The average molecular weight is 417 g/mol. The minimum atomic E-state index is -0.159. The Labute approximate surface area is 178 Å². The van der Waals surface area contributed by atoms with E-state index >= 15 is 0 Å². The van der Waals surface area contributed by atoms with E-state index in [1.165, 1.54) is 11.3 Å². The van der Waals surface area contributed by atoms with Crippen LogP contribution in [0.3, 0.4) is 0 Å². The number of hydrogen-bond donors (Lipinski definition) is 2. The van der Waals surface area contributed by atoms with Gasteiger partial charge in [-0.15, -0.1) is 11.3 Å². The molecule has 0 saturated heterocycles. The average Bonchev–Trinajstić information content (AvgIpc) is 3.47. The SMILES string of the molecule is O=C(NCCc1ccn(-c2ccccc2)n1)c1ccc(NC(=O)c2cccs2)cc1. The summed E-state index contributed by atoms with van der Waals surface area (Å²) in [5.41, 5.74) is 3.10. The van der Waals surface area contributed by atoms with E-state index in [0.29, 0.717) is 29.1 Å². The van der Waals surface area contributed by atoms with E-state index in [1.807, 2.05) is 58.7 Å². The van der Waals surface area contributed by atoms with Crippen molar-refractivity contribution >= 4 is 28.8 Å². The van der Waals surface area contributed by atoms with E-state index in [0.717, 1.165) is 11.4 Å². The molecule has 0 atom stereocenters. The van der Waals surface area contributed by atoms with Crippen LogP contribution in [0.4, 0.5) is 5.69 Å². The van der Waals surface area contributed by atoms with Gasteiger partial charge in [0.25, 0.3) is 11.8 Å². The highest BCUT2D eigenvalue weighted by molar-refractivity contribution is 7.12. The smallest absolute Gasteiger partial charge is 0.265 e. The largest absolute Gasteiger partial charge is 0.352 e. The van der Waals surface area contributed by atoms with Crippen LogP contribution in [0.2, 0.25) is 0 Å². The van der Waals surface area contributed by atoms with E-state index in [2.05, 4.69) is 15.7 Å². The first-order valence-electron chi connectivity index (χ1n) is 9.52. The first-order valence-corrected chi connectivity index (χ1v) is 10.4. The second-order valence-electron chi connectivity index (χ2n) is 6.60. The predicted octanol–water partition coefficient (Wildman–Crippen LogP) is 4.16. The molecule has 0 radical (unpaired) electrons. The fourth-order valence-corrected chi connectivity index (χ4v) is 3.55. The first-order chi connectivity index (χ1) is 14.7. The molecular formula is C23H20N4O2S. The Kier molecular flexibility index (Phi) is 6.01. The van der Waals surface area contributed by atoms with Gasteiger partial charge >= 0.3 is 0 Å². The minimum absolute atomic E-state index is 0.155. The summed E-state index contributed by atoms with van der Waals surface area (Å²) < 4.78 is 1.82. The number of carbonyl (C=O) groups is 2.